The van der Waals surface area contributed by atoms with Gasteiger partial charge in [-0.2, -0.15) is 0 Å². The first-order chi connectivity index (χ1) is 10.3. The van der Waals surface area contributed by atoms with E-state index in [-0.39, 0.29) is 16.8 Å². The molecule has 2 heterocycles. The number of likely N-dealkylation sites (tertiary alicyclic amines) is 1. The summed E-state index contributed by atoms with van der Waals surface area (Å²) in [4.78, 5) is 14.8. The summed E-state index contributed by atoms with van der Waals surface area (Å²) < 4.78 is 27.6. The summed E-state index contributed by atoms with van der Waals surface area (Å²) in [5.41, 5.74) is 0.412. The van der Waals surface area contributed by atoms with Gasteiger partial charge in [0.1, 0.15) is 10.6 Å². The molecule has 1 aromatic rings. The summed E-state index contributed by atoms with van der Waals surface area (Å²) >= 11 is 0. The van der Waals surface area contributed by atoms with E-state index in [2.05, 4.69) is 18.6 Å². The Kier molecular flexibility index (Phi) is 4.97. The van der Waals surface area contributed by atoms with Crippen molar-refractivity contribution < 1.29 is 13.2 Å². The quantitative estimate of drug-likeness (QED) is 0.916. The first kappa shape index (κ1) is 17.0. The SMILES string of the molecule is CNS(=O)(=O)c1cc(C(=O)N2C[C@@H](C)CCC[C@H]2C)n(C)c1. The van der Waals surface area contributed by atoms with Crippen LogP contribution >= 0.6 is 0 Å². The number of amides is 1. The fourth-order valence-corrected chi connectivity index (χ4v) is 3.77. The lowest BCUT2D eigenvalue weighted by molar-refractivity contribution is 0.0667. The number of sulfonamides is 1. The molecule has 2 rings (SSSR count). The third kappa shape index (κ3) is 3.35. The molecule has 1 aliphatic heterocycles. The average Bonchev–Trinajstić information content (AvgIpc) is 2.78. The van der Waals surface area contributed by atoms with E-state index in [9.17, 15) is 13.2 Å². The summed E-state index contributed by atoms with van der Waals surface area (Å²) in [6, 6.07) is 1.63. The number of aromatic nitrogens is 1. The Balaban J connectivity index is 2.33. The number of nitrogens with one attached hydrogen (secondary N) is 1. The van der Waals surface area contributed by atoms with Crippen LogP contribution in [0.2, 0.25) is 0 Å². The second kappa shape index (κ2) is 6.42. The Morgan fingerprint density at radius 3 is 2.64 bits per heavy atom. The van der Waals surface area contributed by atoms with Crippen molar-refractivity contribution in [2.75, 3.05) is 13.6 Å². The van der Waals surface area contributed by atoms with E-state index >= 15 is 0 Å². The van der Waals surface area contributed by atoms with Crippen molar-refractivity contribution in [3.63, 3.8) is 0 Å². The lowest BCUT2D eigenvalue weighted by atomic mass is 10.1. The molecule has 1 aliphatic rings. The van der Waals surface area contributed by atoms with E-state index < -0.39 is 10.0 Å². The highest BCUT2D eigenvalue weighted by atomic mass is 32.2. The zero-order chi connectivity index (χ0) is 16.5. The van der Waals surface area contributed by atoms with E-state index in [0.717, 1.165) is 25.8 Å². The normalized spacial score (nSPS) is 23.4. The molecule has 1 saturated heterocycles. The molecule has 0 unspecified atom stereocenters. The van der Waals surface area contributed by atoms with Crippen LogP contribution in [0.1, 0.15) is 43.6 Å². The van der Waals surface area contributed by atoms with Gasteiger partial charge in [-0.05, 0) is 38.8 Å². The number of hydrogen-bond donors (Lipinski definition) is 1. The fraction of sp³-hybridized carbons (Fsp3) is 0.667. The lowest BCUT2D eigenvalue weighted by Gasteiger charge is -2.28. The molecular weight excluding hydrogens is 302 g/mol. The summed E-state index contributed by atoms with van der Waals surface area (Å²) in [5, 5.41) is 0. The maximum atomic E-state index is 12.8. The van der Waals surface area contributed by atoms with Gasteiger partial charge >= 0.3 is 0 Å². The molecule has 6 nitrogen and oxygen atoms in total. The van der Waals surface area contributed by atoms with Crippen molar-refractivity contribution >= 4 is 15.9 Å². The molecule has 1 aromatic heterocycles. The Bertz CT molecular complexity index is 651. The minimum absolute atomic E-state index is 0.0960. The van der Waals surface area contributed by atoms with Crippen molar-refractivity contribution in [3.8, 4) is 0 Å². The zero-order valence-electron chi connectivity index (χ0n) is 13.7. The monoisotopic (exact) mass is 327 g/mol. The number of nitrogens with zero attached hydrogens (tertiary/aromatic N) is 2. The van der Waals surface area contributed by atoms with Crippen LogP contribution in [0.5, 0.6) is 0 Å². The van der Waals surface area contributed by atoms with Crippen molar-refractivity contribution in [3.05, 3.63) is 18.0 Å². The lowest BCUT2D eigenvalue weighted by Crippen LogP contribution is -2.40. The van der Waals surface area contributed by atoms with Crippen LogP contribution in [0.25, 0.3) is 0 Å². The predicted octanol–water partition coefficient (Wildman–Crippen LogP) is 1.58. The molecule has 1 amide bonds. The second-order valence-electron chi connectivity index (χ2n) is 6.22. The summed E-state index contributed by atoms with van der Waals surface area (Å²) in [7, 11) is -0.471. The van der Waals surface area contributed by atoms with Gasteiger partial charge in [0.05, 0.1) is 0 Å². The highest BCUT2D eigenvalue weighted by Crippen LogP contribution is 2.23. The average molecular weight is 327 g/mol. The molecule has 22 heavy (non-hydrogen) atoms. The number of rotatable bonds is 3. The zero-order valence-corrected chi connectivity index (χ0v) is 14.5. The number of hydrogen-bond acceptors (Lipinski definition) is 3. The molecule has 7 heteroatoms. The molecule has 0 spiro atoms. The van der Waals surface area contributed by atoms with Gasteiger partial charge in [-0.1, -0.05) is 13.3 Å². The highest BCUT2D eigenvalue weighted by molar-refractivity contribution is 7.89. The fourth-order valence-electron chi connectivity index (χ4n) is 2.97. The minimum Gasteiger partial charge on any atom is -0.345 e. The second-order valence-corrected chi connectivity index (χ2v) is 8.11. The van der Waals surface area contributed by atoms with Crippen LogP contribution in [0, 0.1) is 5.92 Å². The molecule has 1 fully saturated rings. The van der Waals surface area contributed by atoms with Crippen LogP contribution in [0.15, 0.2) is 17.2 Å². The van der Waals surface area contributed by atoms with Gasteiger partial charge in [0.25, 0.3) is 5.91 Å². The molecule has 0 aliphatic carbocycles. The maximum absolute atomic E-state index is 12.8. The van der Waals surface area contributed by atoms with Crippen molar-refractivity contribution in [2.24, 2.45) is 13.0 Å². The van der Waals surface area contributed by atoms with Gasteiger partial charge in [-0.25, -0.2) is 13.1 Å². The van der Waals surface area contributed by atoms with E-state index in [1.54, 1.807) is 11.6 Å². The predicted molar refractivity (Wildman–Crippen MR) is 85.2 cm³/mol. The Labute approximate surface area is 132 Å². The third-order valence-corrected chi connectivity index (χ3v) is 5.78. The van der Waals surface area contributed by atoms with Gasteiger partial charge in [-0.3, -0.25) is 4.79 Å². The summed E-state index contributed by atoms with van der Waals surface area (Å²) in [6.07, 6.45) is 4.71. The van der Waals surface area contributed by atoms with Gasteiger partial charge in [0.2, 0.25) is 10.0 Å². The first-order valence-electron chi connectivity index (χ1n) is 7.67. The molecule has 2 atom stereocenters. The molecule has 1 N–H and O–H groups in total. The first-order valence-corrected chi connectivity index (χ1v) is 9.15. The minimum atomic E-state index is -3.54. The van der Waals surface area contributed by atoms with E-state index in [4.69, 9.17) is 0 Å². The van der Waals surface area contributed by atoms with Crippen LogP contribution in [0.4, 0.5) is 0 Å². The van der Waals surface area contributed by atoms with Crippen LogP contribution in [0.3, 0.4) is 0 Å². The van der Waals surface area contributed by atoms with Crippen LogP contribution in [-0.2, 0) is 17.1 Å². The van der Waals surface area contributed by atoms with Gasteiger partial charge in [0, 0.05) is 25.8 Å². The van der Waals surface area contributed by atoms with E-state index in [1.165, 1.54) is 19.3 Å². The molecule has 0 saturated carbocycles. The molecule has 124 valence electrons. The largest absolute Gasteiger partial charge is 0.345 e. The third-order valence-electron chi connectivity index (χ3n) is 4.40. The summed E-state index contributed by atoms with van der Waals surface area (Å²) in [6.45, 7) is 4.93. The van der Waals surface area contributed by atoms with Crippen LogP contribution < -0.4 is 4.72 Å². The van der Waals surface area contributed by atoms with E-state index in [1.807, 2.05) is 4.90 Å². The molecule has 0 aromatic carbocycles. The van der Waals surface area contributed by atoms with Crippen LogP contribution in [-0.4, -0.2) is 43.4 Å². The van der Waals surface area contributed by atoms with Crippen molar-refractivity contribution in [2.45, 2.75) is 44.0 Å². The standard InChI is InChI=1S/C15H25N3O3S/c1-11-6-5-7-12(2)18(9-11)15(19)14-8-13(10-17(14)4)22(20,21)16-3/h8,10-12,16H,5-7,9H2,1-4H3/t11-,12+/m0/s1. The summed E-state index contributed by atoms with van der Waals surface area (Å²) in [5.74, 6) is 0.371. The van der Waals surface area contributed by atoms with Gasteiger partial charge < -0.3 is 9.47 Å². The smallest absolute Gasteiger partial charge is 0.270 e. The maximum Gasteiger partial charge on any atom is 0.270 e. The Morgan fingerprint density at radius 2 is 2.00 bits per heavy atom. The van der Waals surface area contributed by atoms with Crippen molar-refractivity contribution in [1.82, 2.24) is 14.2 Å². The molecular formula is C15H25N3O3S. The van der Waals surface area contributed by atoms with Gasteiger partial charge in [0.15, 0.2) is 0 Å². The number of aryl methyl sites for hydroxylation is 1. The topological polar surface area (TPSA) is 71.4 Å². The number of carbonyl (C=O) groups is 1. The Morgan fingerprint density at radius 1 is 1.32 bits per heavy atom. The van der Waals surface area contributed by atoms with Crippen molar-refractivity contribution in [1.29, 1.82) is 0 Å². The highest BCUT2D eigenvalue weighted by Gasteiger charge is 2.28. The molecule has 0 radical (unpaired) electrons. The van der Waals surface area contributed by atoms with E-state index in [0.29, 0.717) is 11.6 Å². The molecule has 0 bridgehead atoms. The van der Waals surface area contributed by atoms with Gasteiger partial charge in [-0.15, -0.1) is 0 Å². The Hall–Kier alpha value is -1.34. The number of carbonyl (C=O) groups excluding carboxylic acids is 1.